The lowest BCUT2D eigenvalue weighted by molar-refractivity contribution is -0.142. The van der Waals surface area contributed by atoms with E-state index in [4.69, 9.17) is 10.8 Å². The van der Waals surface area contributed by atoms with Crippen molar-refractivity contribution in [3.05, 3.63) is 29.3 Å². The molecule has 1 unspecified atom stereocenters. The van der Waals surface area contributed by atoms with E-state index in [1.807, 2.05) is 0 Å². The molecule has 0 bridgehead atoms. The Bertz CT molecular complexity index is 416. The van der Waals surface area contributed by atoms with Crippen molar-refractivity contribution < 1.29 is 9.90 Å². The Morgan fingerprint density at radius 3 is 2.59 bits per heavy atom. The number of carboxylic acids is 1. The molecule has 0 aliphatic carbocycles. The van der Waals surface area contributed by atoms with E-state index in [0.29, 0.717) is 12.2 Å². The zero-order chi connectivity index (χ0) is 13.1. The summed E-state index contributed by atoms with van der Waals surface area (Å²) in [5.74, 6) is -0.236. The molecule has 17 heavy (non-hydrogen) atoms. The third kappa shape index (κ3) is 4.06. The molecule has 0 amide bonds. The van der Waals surface area contributed by atoms with Crippen LogP contribution in [-0.4, -0.2) is 22.4 Å². The fourth-order valence-electron chi connectivity index (χ4n) is 1.29. The Labute approximate surface area is 106 Å². The van der Waals surface area contributed by atoms with Gasteiger partial charge in [0.25, 0.3) is 0 Å². The van der Waals surface area contributed by atoms with Gasteiger partial charge in [0.15, 0.2) is 0 Å². The van der Waals surface area contributed by atoms with Gasteiger partial charge in [-0.3, -0.25) is 4.79 Å². The van der Waals surface area contributed by atoms with Crippen molar-refractivity contribution in [2.45, 2.75) is 37.6 Å². The van der Waals surface area contributed by atoms with Crippen molar-refractivity contribution in [3.63, 3.8) is 0 Å². The standard InChI is InChI=1S/C13H19NO2S/c1-9-4-5-11(8-10(9)2)17-7-6-13(3,14)12(15)16/h4-5,8H,6-7,14H2,1-3H3,(H,15,16). The average Bonchev–Trinajstić information content (AvgIpc) is 2.23. The molecule has 0 aromatic heterocycles. The largest absolute Gasteiger partial charge is 0.480 e. The molecule has 0 aliphatic rings. The van der Waals surface area contributed by atoms with Gasteiger partial charge in [0.2, 0.25) is 0 Å². The minimum atomic E-state index is -1.13. The maximum Gasteiger partial charge on any atom is 0.323 e. The first kappa shape index (κ1) is 14.1. The number of thioether (sulfide) groups is 1. The van der Waals surface area contributed by atoms with Gasteiger partial charge in [0, 0.05) is 10.6 Å². The summed E-state index contributed by atoms with van der Waals surface area (Å²) in [6.45, 7) is 5.70. The lowest BCUT2D eigenvalue weighted by Gasteiger charge is -2.18. The Morgan fingerprint density at radius 2 is 2.06 bits per heavy atom. The van der Waals surface area contributed by atoms with Gasteiger partial charge in [-0.05, 0) is 50.5 Å². The predicted molar refractivity (Wildman–Crippen MR) is 71.5 cm³/mol. The number of carboxylic acid groups (broad SMARTS) is 1. The third-order valence-electron chi connectivity index (χ3n) is 2.86. The molecule has 0 aliphatic heterocycles. The highest BCUT2D eigenvalue weighted by molar-refractivity contribution is 7.99. The SMILES string of the molecule is Cc1ccc(SCCC(C)(N)C(=O)O)cc1C. The molecule has 1 aromatic rings. The van der Waals surface area contributed by atoms with Crippen molar-refractivity contribution in [3.8, 4) is 0 Å². The summed E-state index contributed by atoms with van der Waals surface area (Å²) in [6, 6.07) is 6.26. The number of rotatable bonds is 5. The van der Waals surface area contributed by atoms with Crippen molar-refractivity contribution >= 4 is 17.7 Å². The van der Waals surface area contributed by atoms with Crippen LogP contribution in [0.2, 0.25) is 0 Å². The number of hydrogen-bond acceptors (Lipinski definition) is 3. The second-order valence-corrected chi connectivity index (χ2v) is 5.74. The normalized spacial score (nSPS) is 14.4. The summed E-state index contributed by atoms with van der Waals surface area (Å²) in [7, 11) is 0. The maximum atomic E-state index is 10.8. The van der Waals surface area contributed by atoms with Crippen LogP contribution in [0.5, 0.6) is 0 Å². The summed E-state index contributed by atoms with van der Waals surface area (Å²) in [6.07, 6.45) is 0.458. The number of benzene rings is 1. The molecule has 1 rings (SSSR count). The first-order valence-electron chi connectivity index (χ1n) is 5.55. The van der Waals surface area contributed by atoms with Crippen LogP contribution in [0.3, 0.4) is 0 Å². The molecule has 1 atom stereocenters. The molecular weight excluding hydrogens is 234 g/mol. The predicted octanol–water partition coefficient (Wildman–Crippen LogP) is 2.59. The van der Waals surface area contributed by atoms with Crippen molar-refractivity contribution in [2.75, 3.05) is 5.75 Å². The highest BCUT2D eigenvalue weighted by Crippen LogP contribution is 2.23. The van der Waals surface area contributed by atoms with Crippen LogP contribution in [-0.2, 0) is 4.79 Å². The van der Waals surface area contributed by atoms with E-state index in [-0.39, 0.29) is 0 Å². The Kier molecular flexibility index (Phi) is 4.60. The Morgan fingerprint density at radius 1 is 1.41 bits per heavy atom. The van der Waals surface area contributed by atoms with Crippen LogP contribution in [0.25, 0.3) is 0 Å². The van der Waals surface area contributed by atoms with Gasteiger partial charge in [-0.25, -0.2) is 0 Å². The van der Waals surface area contributed by atoms with Crippen molar-refractivity contribution in [1.82, 2.24) is 0 Å². The second-order valence-electron chi connectivity index (χ2n) is 4.57. The topological polar surface area (TPSA) is 63.3 Å². The molecule has 3 nitrogen and oxygen atoms in total. The fourth-order valence-corrected chi connectivity index (χ4v) is 2.48. The molecule has 1 aromatic carbocycles. The van der Waals surface area contributed by atoms with E-state index in [0.717, 1.165) is 4.90 Å². The van der Waals surface area contributed by atoms with E-state index in [1.165, 1.54) is 11.1 Å². The molecule has 0 fully saturated rings. The monoisotopic (exact) mass is 253 g/mol. The number of aliphatic carboxylic acids is 1. The smallest absolute Gasteiger partial charge is 0.323 e. The maximum absolute atomic E-state index is 10.8. The first-order valence-corrected chi connectivity index (χ1v) is 6.54. The molecular formula is C13H19NO2S. The lowest BCUT2D eigenvalue weighted by atomic mass is 10.0. The molecule has 0 saturated heterocycles. The summed E-state index contributed by atoms with van der Waals surface area (Å²) in [4.78, 5) is 12.0. The molecule has 0 saturated carbocycles. The van der Waals surface area contributed by atoms with Crippen LogP contribution in [0.4, 0.5) is 0 Å². The highest BCUT2D eigenvalue weighted by Gasteiger charge is 2.26. The Balaban J connectivity index is 2.51. The summed E-state index contributed by atoms with van der Waals surface area (Å²) < 4.78 is 0. The van der Waals surface area contributed by atoms with Gasteiger partial charge in [-0.2, -0.15) is 0 Å². The lowest BCUT2D eigenvalue weighted by Crippen LogP contribution is -2.45. The number of carbonyl (C=O) groups is 1. The van der Waals surface area contributed by atoms with Crippen molar-refractivity contribution in [1.29, 1.82) is 0 Å². The van der Waals surface area contributed by atoms with Gasteiger partial charge in [-0.15, -0.1) is 11.8 Å². The molecule has 0 heterocycles. The van der Waals surface area contributed by atoms with E-state index in [9.17, 15) is 4.79 Å². The van der Waals surface area contributed by atoms with Gasteiger partial charge in [0.05, 0.1) is 0 Å². The van der Waals surface area contributed by atoms with Crippen LogP contribution >= 0.6 is 11.8 Å². The summed E-state index contributed by atoms with van der Waals surface area (Å²) in [5, 5.41) is 8.88. The molecule has 94 valence electrons. The zero-order valence-corrected chi connectivity index (χ0v) is 11.3. The minimum absolute atomic E-state index is 0.458. The van der Waals surface area contributed by atoms with E-state index in [1.54, 1.807) is 18.7 Å². The Hall–Kier alpha value is -1.00. The van der Waals surface area contributed by atoms with Crippen LogP contribution in [0.15, 0.2) is 23.1 Å². The van der Waals surface area contributed by atoms with E-state index in [2.05, 4.69) is 32.0 Å². The number of hydrogen-bond donors (Lipinski definition) is 2. The van der Waals surface area contributed by atoms with Gasteiger partial charge in [-0.1, -0.05) is 6.07 Å². The van der Waals surface area contributed by atoms with Crippen molar-refractivity contribution in [2.24, 2.45) is 5.73 Å². The summed E-state index contributed by atoms with van der Waals surface area (Å²) in [5.41, 5.74) is 7.05. The number of nitrogens with two attached hydrogens (primary N) is 1. The van der Waals surface area contributed by atoms with Crippen LogP contribution < -0.4 is 5.73 Å². The van der Waals surface area contributed by atoms with E-state index >= 15 is 0 Å². The fraction of sp³-hybridized carbons (Fsp3) is 0.462. The van der Waals surface area contributed by atoms with Gasteiger partial charge >= 0.3 is 5.97 Å². The zero-order valence-electron chi connectivity index (χ0n) is 10.5. The highest BCUT2D eigenvalue weighted by atomic mass is 32.2. The number of aryl methyl sites for hydroxylation is 2. The molecule has 0 spiro atoms. The summed E-state index contributed by atoms with van der Waals surface area (Å²) >= 11 is 1.64. The van der Waals surface area contributed by atoms with Crippen LogP contribution in [0, 0.1) is 13.8 Å². The molecule has 4 heteroatoms. The quantitative estimate of drug-likeness (QED) is 0.792. The molecule has 3 N–H and O–H groups in total. The van der Waals surface area contributed by atoms with Gasteiger partial charge in [0.1, 0.15) is 5.54 Å². The minimum Gasteiger partial charge on any atom is -0.480 e. The average molecular weight is 253 g/mol. The van der Waals surface area contributed by atoms with E-state index < -0.39 is 11.5 Å². The second kappa shape index (κ2) is 5.56. The first-order chi connectivity index (χ1) is 7.83. The van der Waals surface area contributed by atoms with Crippen LogP contribution in [0.1, 0.15) is 24.5 Å². The molecule has 0 radical (unpaired) electrons. The van der Waals surface area contributed by atoms with Gasteiger partial charge < -0.3 is 10.8 Å². The third-order valence-corrected chi connectivity index (χ3v) is 3.85.